The fourth-order valence-electron chi connectivity index (χ4n) is 2.18. The third-order valence-corrected chi connectivity index (χ3v) is 3.19. The highest BCUT2D eigenvalue weighted by atomic mass is 16.5. The number of hydrogen-bond acceptors (Lipinski definition) is 2. The third kappa shape index (κ3) is 2.32. The van der Waals surface area contributed by atoms with Gasteiger partial charge in [-0.3, -0.25) is 4.79 Å². The van der Waals surface area contributed by atoms with Crippen LogP contribution < -0.4 is 0 Å². The Kier molecular flexibility index (Phi) is 3.55. The topological polar surface area (TPSA) is 57.9 Å². The van der Waals surface area contributed by atoms with Gasteiger partial charge in [-0.1, -0.05) is 0 Å². The molecule has 0 saturated carbocycles. The van der Waals surface area contributed by atoms with Crippen molar-refractivity contribution in [3.63, 3.8) is 0 Å². The Morgan fingerprint density at radius 2 is 1.78 bits per heavy atom. The van der Waals surface area contributed by atoms with Gasteiger partial charge in [-0.25, -0.2) is 0 Å². The van der Waals surface area contributed by atoms with E-state index >= 15 is 0 Å². The summed E-state index contributed by atoms with van der Waals surface area (Å²) in [7, 11) is 0. The summed E-state index contributed by atoms with van der Waals surface area (Å²) in [5.41, 5.74) is 1.58. The molecule has 4 heteroatoms. The van der Waals surface area contributed by atoms with Crippen LogP contribution in [0.4, 0.5) is 0 Å². The van der Waals surface area contributed by atoms with Crippen LogP contribution >= 0.6 is 0 Å². The summed E-state index contributed by atoms with van der Waals surface area (Å²) in [5.74, 6) is -0.191. The fourth-order valence-corrected chi connectivity index (χ4v) is 2.18. The number of aromatic amines is 2. The van der Waals surface area contributed by atoms with E-state index < -0.39 is 5.41 Å². The van der Waals surface area contributed by atoms with Crippen molar-refractivity contribution in [1.82, 2.24) is 9.97 Å². The van der Waals surface area contributed by atoms with Gasteiger partial charge < -0.3 is 14.7 Å². The van der Waals surface area contributed by atoms with Gasteiger partial charge in [-0.2, -0.15) is 0 Å². The molecular weight excluding hydrogens is 228 g/mol. The summed E-state index contributed by atoms with van der Waals surface area (Å²) >= 11 is 0. The SMILES string of the molecule is CCOC(=O)CC(C)(c1ccc[nH]1)c1ccc[nH]1. The highest BCUT2D eigenvalue weighted by Gasteiger charge is 2.34. The van der Waals surface area contributed by atoms with E-state index in [1.807, 2.05) is 50.5 Å². The maximum atomic E-state index is 11.8. The molecule has 0 aliphatic carbocycles. The largest absolute Gasteiger partial charge is 0.466 e. The van der Waals surface area contributed by atoms with Crippen LogP contribution in [0.5, 0.6) is 0 Å². The molecule has 18 heavy (non-hydrogen) atoms. The lowest BCUT2D eigenvalue weighted by atomic mass is 9.80. The van der Waals surface area contributed by atoms with Gasteiger partial charge >= 0.3 is 5.97 Å². The van der Waals surface area contributed by atoms with Gasteiger partial charge in [0.1, 0.15) is 0 Å². The second kappa shape index (κ2) is 5.12. The average molecular weight is 246 g/mol. The van der Waals surface area contributed by atoms with Gasteiger partial charge in [0, 0.05) is 23.8 Å². The summed E-state index contributed by atoms with van der Waals surface area (Å²) in [4.78, 5) is 18.2. The molecule has 0 aliphatic heterocycles. The Balaban J connectivity index is 2.32. The first-order chi connectivity index (χ1) is 8.66. The predicted molar refractivity (Wildman–Crippen MR) is 69.3 cm³/mol. The zero-order valence-corrected chi connectivity index (χ0v) is 10.7. The molecule has 0 amide bonds. The van der Waals surface area contributed by atoms with E-state index in [0.717, 1.165) is 11.4 Å². The number of esters is 1. The van der Waals surface area contributed by atoms with Crippen LogP contribution in [-0.4, -0.2) is 22.5 Å². The van der Waals surface area contributed by atoms with E-state index in [1.165, 1.54) is 0 Å². The highest BCUT2D eigenvalue weighted by Crippen LogP contribution is 2.33. The van der Waals surface area contributed by atoms with E-state index in [2.05, 4.69) is 9.97 Å². The minimum absolute atomic E-state index is 0.191. The summed E-state index contributed by atoms with van der Waals surface area (Å²) in [6, 6.07) is 7.84. The summed E-state index contributed by atoms with van der Waals surface area (Å²) in [6.07, 6.45) is 4.03. The van der Waals surface area contributed by atoms with Crippen molar-refractivity contribution in [2.24, 2.45) is 0 Å². The lowest BCUT2D eigenvalue weighted by Gasteiger charge is -2.26. The van der Waals surface area contributed by atoms with E-state index in [1.54, 1.807) is 0 Å². The van der Waals surface area contributed by atoms with Gasteiger partial charge in [-0.15, -0.1) is 0 Å². The van der Waals surface area contributed by atoms with Crippen LogP contribution in [0.1, 0.15) is 31.7 Å². The summed E-state index contributed by atoms with van der Waals surface area (Å²) < 4.78 is 5.07. The molecule has 0 radical (unpaired) electrons. The summed E-state index contributed by atoms with van der Waals surface area (Å²) in [6.45, 7) is 4.25. The number of hydrogen-bond donors (Lipinski definition) is 2. The van der Waals surface area contributed by atoms with E-state index in [0.29, 0.717) is 13.0 Å². The third-order valence-electron chi connectivity index (χ3n) is 3.19. The molecule has 0 saturated heterocycles. The zero-order chi connectivity index (χ0) is 13.0. The van der Waals surface area contributed by atoms with Crippen molar-refractivity contribution in [3.8, 4) is 0 Å². The minimum atomic E-state index is -0.417. The average Bonchev–Trinajstić information content (AvgIpc) is 3.03. The van der Waals surface area contributed by atoms with Crippen LogP contribution in [0.25, 0.3) is 0 Å². The Hall–Kier alpha value is -1.97. The first-order valence-corrected chi connectivity index (χ1v) is 6.10. The zero-order valence-electron chi connectivity index (χ0n) is 10.7. The van der Waals surface area contributed by atoms with Crippen LogP contribution in [0.15, 0.2) is 36.7 Å². The molecular formula is C14H18N2O2. The molecule has 4 nitrogen and oxygen atoms in total. The number of ether oxygens (including phenoxy) is 1. The normalized spacial score (nSPS) is 11.4. The van der Waals surface area contributed by atoms with Crippen molar-refractivity contribution in [1.29, 1.82) is 0 Å². The minimum Gasteiger partial charge on any atom is -0.466 e. The van der Waals surface area contributed by atoms with Crippen LogP contribution in [0, 0.1) is 0 Å². The van der Waals surface area contributed by atoms with E-state index in [-0.39, 0.29) is 5.97 Å². The van der Waals surface area contributed by atoms with Crippen molar-refractivity contribution in [3.05, 3.63) is 48.0 Å². The van der Waals surface area contributed by atoms with Gasteiger partial charge in [0.25, 0.3) is 0 Å². The van der Waals surface area contributed by atoms with E-state index in [9.17, 15) is 4.79 Å². The van der Waals surface area contributed by atoms with Crippen LogP contribution in [0.2, 0.25) is 0 Å². The molecule has 0 aromatic carbocycles. The molecule has 0 atom stereocenters. The van der Waals surface area contributed by atoms with E-state index in [4.69, 9.17) is 4.74 Å². The Labute approximate surface area is 106 Å². The Morgan fingerprint density at radius 1 is 1.22 bits per heavy atom. The first-order valence-electron chi connectivity index (χ1n) is 6.10. The lowest BCUT2D eigenvalue weighted by Crippen LogP contribution is -2.29. The van der Waals surface area contributed by atoms with Crippen LogP contribution in [0.3, 0.4) is 0 Å². The molecule has 2 heterocycles. The van der Waals surface area contributed by atoms with Gasteiger partial charge in [-0.05, 0) is 38.1 Å². The monoisotopic (exact) mass is 246 g/mol. The van der Waals surface area contributed by atoms with Gasteiger partial charge in [0.2, 0.25) is 0 Å². The second-order valence-corrected chi connectivity index (χ2v) is 4.48. The Morgan fingerprint density at radius 3 is 2.17 bits per heavy atom. The second-order valence-electron chi connectivity index (χ2n) is 4.48. The predicted octanol–water partition coefficient (Wildman–Crippen LogP) is 2.60. The number of rotatable bonds is 5. The molecule has 0 fully saturated rings. The number of carbonyl (C=O) groups excluding carboxylic acids is 1. The highest BCUT2D eigenvalue weighted by molar-refractivity contribution is 5.72. The quantitative estimate of drug-likeness (QED) is 0.797. The van der Waals surface area contributed by atoms with Crippen molar-refractivity contribution in [2.75, 3.05) is 6.61 Å². The van der Waals surface area contributed by atoms with Crippen LogP contribution in [-0.2, 0) is 14.9 Å². The number of nitrogens with one attached hydrogen (secondary N) is 2. The Bertz CT molecular complexity index is 452. The molecule has 96 valence electrons. The molecule has 0 aliphatic rings. The fraction of sp³-hybridized carbons (Fsp3) is 0.357. The molecule has 0 spiro atoms. The standard InChI is InChI=1S/C14H18N2O2/c1-3-18-13(17)10-14(2,11-6-4-8-15-11)12-7-5-9-16-12/h4-9,15-16H,3,10H2,1-2H3. The van der Waals surface area contributed by atoms with Crippen molar-refractivity contribution < 1.29 is 9.53 Å². The molecule has 0 bridgehead atoms. The summed E-state index contributed by atoms with van der Waals surface area (Å²) in [5, 5.41) is 0. The molecule has 2 aromatic heterocycles. The number of aromatic nitrogens is 2. The first kappa shape index (κ1) is 12.5. The van der Waals surface area contributed by atoms with Gasteiger partial charge in [0.05, 0.1) is 18.4 Å². The van der Waals surface area contributed by atoms with Crippen molar-refractivity contribution in [2.45, 2.75) is 25.7 Å². The van der Waals surface area contributed by atoms with Crippen molar-refractivity contribution >= 4 is 5.97 Å². The number of H-pyrrole nitrogens is 2. The lowest BCUT2D eigenvalue weighted by molar-refractivity contribution is -0.144. The molecule has 2 rings (SSSR count). The molecule has 2 aromatic rings. The number of carbonyl (C=O) groups is 1. The maximum Gasteiger partial charge on any atom is 0.307 e. The molecule has 2 N–H and O–H groups in total. The van der Waals surface area contributed by atoms with Gasteiger partial charge in [0.15, 0.2) is 0 Å². The maximum absolute atomic E-state index is 11.8. The molecule has 0 unspecified atom stereocenters. The smallest absolute Gasteiger partial charge is 0.307 e.